The molecule has 0 atom stereocenters. The number of para-hydroxylation sites is 1. The molecule has 1 N–H and O–H groups in total. The SMILES string of the molecule is CS(=O)(=O)N(CC(=O)N/N=C\c1ccccn1)c1ccc(Oc2ccccc2)cc1. The van der Waals surface area contributed by atoms with Gasteiger partial charge in [-0.2, -0.15) is 5.10 Å². The fraction of sp³-hybridized carbons (Fsp3) is 0.0952. The monoisotopic (exact) mass is 424 g/mol. The van der Waals surface area contributed by atoms with Gasteiger partial charge in [0.2, 0.25) is 10.0 Å². The molecule has 8 nitrogen and oxygen atoms in total. The van der Waals surface area contributed by atoms with Gasteiger partial charge in [0.25, 0.3) is 5.91 Å². The first-order valence-electron chi connectivity index (χ1n) is 8.95. The average molecular weight is 424 g/mol. The summed E-state index contributed by atoms with van der Waals surface area (Å²) in [6.07, 6.45) is 4.00. The van der Waals surface area contributed by atoms with Crippen LogP contribution in [0.15, 0.2) is 84.1 Å². The van der Waals surface area contributed by atoms with Crippen LogP contribution in [0, 0.1) is 0 Å². The number of anilines is 1. The van der Waals surface area contributed by atoms with Crippen molar-refractivity contribution < 1.29 is 17.9 Å². The van der Waals surface area contributed by atoms with E-state index in [0.717, 1.165) is 10.6 Å². The van der Waals surface area contributed by atoms with E-state index in [4.69, 9.17) is 4.74 Å². The molecular formula is C21H20N4O4S. The summed E-state index contributed by atoms with van der Waals surface area (Å²) in [5.41, 5.74) is 3.20. The van der Waals surface area contributed by atoms with Crippen LogP contribution in [0.4, 0.5) is 5.69 Å². The summed E-state index contributed by atoms with van der Waals surface area (Å²) in [5.74, 6) is 0.621. The van der Waals surface area contributed by atoms with Gasteiger partial charge in [0.15, 0.2) is 0 Å². The number of hydrogen-bond acceptors (Lipinski definition) is 6. The van der Waals surface area contributed by atoms with Crippen molar-refractivity contribution in [3.8, 4) is 11.5 Å². The average Bonchev–Trinajstić information content (AvgIpc) is 2.73. The summed E-state index contributed by atoms with van der Waals surface area (Å²) in [6.45, 7) is -0.419. The summed E-state index contributed by atoms with van der Waals surface area (Å²) in [5, 5.41) is 3.80. The minimum absolute atomic E-state index is 0.335. The minimum Gasteiger partial charge on any atom is -0.457 e. The number of ether oxygens (including phenoxy) is 1. The third-order valence-electron chi connectivity index (χ3n) is 3.86. The standard InChI is InChI=1S/C21H20N4O4S/c1-30(27,28)25(16-21(26)24-23-15-17-7-5-6-14-22-17)18-10-12-20(13-11-18)29-19-8-3-2-4-9-19/h2-15H,16H2,1H3,(H,24,26)/b23-15-. The van der Waals surface area contributed by atoms with Gasteiger partial charge in [-0.05, 0) is 48.5 Å². The third kappa shape index (κ3) is 6.14. The molecule has 0 aliphatic carbocycles. The van der Waals surface area contributed by atoms with Crippen molar-refractivity contribution in [3.05, 3.63) is 84.7 Å². The molecule has 1 aromatic heterocycles. The van der Waals surface area contributed by atoms with Crippen LogP contribution in [0.25, 0.3) is 0 Å². The van der Waals surface area contributed by atoms with Gasteiger partial charge in [-0.15, -0.1) is 0 Å². The molecule has 0 radical (unpaired) electrons. The van der Waals surface area contributed by atoms with E-state index < -0.39 is 22.5 Å². The number of carbonyl (C=O) groups excluding carboxylic acids is 1. The Morgan fingerprint density at radius 1 is 1.03 bits per heavy atom. The van der Waals surface area contributed by atoms with Gasteiger partial charge in [0, 0.05) is 6.20 Å². The van der Waals surface area contributed by atoms with Crippen molar-refractivity contribution in [1.82, 2.24) is 10.4 Å². The second-order valence-electron chi connectivity index (χ2n) is 6.23. The second-order valence-corrected chi connectivity index (χ2v) is 8.13. The first-order chi connectivity index (χ1) is 14.4. The number of carbonyl (C=O) groups is 1. The predicted octanol–water partition coefficient (Wildman–Crippen LogP) is 2.79. The number of rotatable bonds is 8. The van der Waals surface area contributed by atoms with Crippen LogP contribution < -0.4 is 14.5 Å². The Labute approximate surface area is 174 Å². The highest BCUT2D eigenvalue weighted by Gasteiger charge is 2.20. The van der Waals surface area contributed by atoms with Crippen LogP contribution in [0.1, 0.15) is 5.69 Å². The van der Waals surface area contributed by atoms with Gasteiger partial charge in [-0.25, -0.2) is 13.8 Å². The quantitative estimate of drug-likeness (QED) is 0.443. The molecule has 30 heavy (non-hydrogen) atoms. The fourth-order valence-corrected chi connectivity index (χ4v) is 3.35. The predicted molar refractivity (Wildman–Crippen MR) is 115 cm³/mol. The molecule has 0 spiro atoms. The van der Waals surface area contributed by atoms with Gasteiger partial charge < -0.3 is 4.74 Å². The third-order valence-corrected chi connectivity index (χ3v) is 5.01. The summed E-state index contributed by atoms with van der Waals surface area (Å²) in [6, 6.07) is 20.9. The molecule has 0 unspecified atom stereocenters. The lowest BCUT2D eigenvalue weighted by Gasteiger charge is -2.21. The Kier molecular flexibility index (Phi) is 6.76. The van der Waals surface area contributed by atoms with Crippen molar-refractivity contribution in [3.63, 3.8) is 0 Å². The lowest BCUT2D eigenvalue weighted by atomic mass is 10.3. The molecule has 3 aromatic rings. The number of amides is 1. The fourth-order valence-electron chi connectivity index (χ4n) is 2.49. The van der Waals surface area contributed by atoms with Crippen LogP contribution in [0.5, 0.6) is 11.5 Å². The van der Waals surface area contributed by atoms with Crippen LogP contribution in [0.3, 0.4) is 0 Å². The van der Waals surface area contributed by atoms with Gasteiger partial charge >= 0.3 is 0 Å². The van der Waals surface area contributed by atoms with Crippen molar-refractivity contribution in [2.75, 3.05) is 17.1 Å². The zero-order valence-electron chi connectivity index (χ0n) is 16.2. The topological polar surface area (TPSA) is 101 Å². The lowest BCUT2D eigenvalue weighted by molar-refractivity contribution is -0.119. The number of benzene rings is 2. The van der Waals surface area contributed by atoms with E-state index in [1.54, 1.807) is 48.7 Å². The lowest BCUT2D eigenvalue weighted by Crippen LogP contribution is -2.39. The molecule has 0 aliphatic heterocycles. The normalized spacial score (nSPS) is 11.2. The maximum atomic E-state index is 12.2. The van der Waals surface area contributed by atoms with E-state index in [1.165, 1.54) is 6.21 Å². The summed E-state index contributed by atoms with van der Waals surface area (Å²) in [7, 11) is -3.69. The maximum absolute atomic E-state index is 12.2. The molecule has 0 aliphatic rings. The highest BCUT2D eigenvalue weighted by molar-refractivity contribution is 7.92. The number of aromatic nitrogens is 1. The van der Waals surface area contributed by atoms with Crippen molar-refractivity contribution in [2.24, 2.45) is 5.10 Å². The summed E-state index contributed by atoms with van der Waals surface area (Å²) < 4.78 is 31.1. The second kappa shape index (κ2) is 9.66. The Morgan fingerprint density at radius 3 is 2.33 bits per heavy atom. The number of pyridine rings is 1. The van der Waals surface area contributed by atoms with Crippen LogP contribution in [-0.4, -0.2) is 38.3 Å². The summed E-state index contributed by atoms with van der Waals surface area (Å²) in [4.78, 5) is 16.2. The van der Waals surface area contributed by atoms with Gasteiger partial charge in [0.1, 0.15) is 18.0 Å². The van der Waals surface area contributed by atoms with E-state index >= 15 is 0 Å². The van der Waals surface area contributed by atoms with Crippen molar-refractivity contribution in [2.45, 2.75) is 0 Å². The molecule has 9 heteroatoms. The van der Waals surface area contributed by atoms with Crippen molar-refractivity contribution >= 4 is 27.8 Å². The Hall–Kier alpha value is -3.72. The summed E-state index contributed by atoms with van der Waals surface area (Å²) >= 11 is 0. The molecule has 154 valence electrons. The zero-order valence-corrected chi connectivity index (χ0v) is 17.0. The number of nitrogens with one attached hydrogen (secondary N) is 1. The largest absolute Gasteiger partial charge is 0.457 e. The van der Waals surface area contributed by atoms with E-state index in [9.17, 15) is 13.2 Å². The molecule has 2 aromatic carbocycles. The number of hydrogen-bond donors (Lipinski definition) is 1. The molecular weight excluding hydrogens is 404 g/mol. The molecule has 0 saturated carbocycles. The smallest absolute Gasteiger partial charge is 0.260 e. The van der Waals surface area contributed by atoms with E-state index in [-0.39, 0.29) is 0 Å². The Balaban J connectivity index is 1.67. The molecule has 3 rings (SSSR count). The zero-order chi connectivity index (χ0) is 21.4. The van der Waals surface area contributed by atoms with Crippen LogP contribution in [0.2, 0.25) is 0 Å². The first-order valence-corrected chi connectivity index (χ1v) is 10.8. The van der Waals surface area contributed by atoms with E-state index in [0.29, 0.717) is 22.9 Å². The van der Waals surface area contributed by atoms with Gasteiger partial charge in [0.05, 0.1) is 23.9 Å². The number of sulfonamides is 1. The molecule has 1 amide bonds. The molecule has 1 heterocycles. The Bertz CT molecular complexity index is 1100. The molecule has 0 bridgehead atoms. The number of nitrogens with zero attached hydrogens (tertiary/aromatic N) is 3. The number of hydrazone groups is 1. The highest BCUT2D eigenvalue weighted by atomic mass is 32.2. The van der Waals surface area contributed by atoms with Crippen LogP contribution >= 0.6 is 0 Å². The highest BCUT2D eigenvalue weighted by Crippen LogP contribution is 2.25. The van der Waals surface area contributed by atoms with Gasteiger partial charge in [-0.1, -0.05) is 24.3 Å². The van der Waals surface area contributed by atoms with E-state index in [1.807, 2.05) is 30.3 Å². The van der Waals surface area contributed by atoms with Crippen molar-refractivity contribution in [1.29, 1.82) is 0 Å². The molecule has 0 fully saturated rings. The molecule has 0 saturated heterocycles. The minimum atomic E-state index is -3.69. The van der Waals surface area contributed by atoms with E-state index in [2.05, 4.69) is 15.5 Å². The first kappa shape index (κ1) is 21.0. The van der Waals surface area contributed by atoms with Gasteiger partial charge in [-0.3, -0.25) is 14.1 Å². The van der Waals surface area contributed by atoms with Crippen LogP contribution in [-0.2, 0) is 14.8 Å². The Morgan fingerprint density at radius 2 is 1.70 bits per heavy atom. The maximum Gasteiger partial charge on any atom is 0.260 e.